The van der Waals surface area contributed by atoms with Crippen LogP contribution in [0.15, 0.2) is 18.2 Å². The number of benzene rings is 1. The first-order chi connectivity index (χ1) is 11.7. The summed E-state index contributed by atoms with van der Waals surface area (Å²) in [7, 11) is 0. The van der Waals surface area contributed by atoms with Crippen molar-refractivity contribution in [2.24, 2.45) is 5.41 Å². The minimum absolute atomic E-state index is 0.0946. The highest BCUT2D eigenvalue weighted by Gasteiger charge is 2.38. The summed E-state index contributed by atoms with van der Waals surface area (Å²) in [5.74, 6) is -3.15. The number of rotatable bonds is 6. The quantitative estimate of drug-likeness (QED) is 0.414. The van der Waals surface area contributed by atoms with E-state index in [2.05, 4.69) is 4.84 Å². The summed E-state index contributed by atoms with van der Waals surface area (Å²) in [5, 5.41) is 0.0946. The summed E-state index contributed by atoms with van der Waals surface area (Å²) in [5.41, 5.74) is -3.81. The molecule has 1 rings (SSSR count). The van der Waals surface area contributed by atoms with Crippen LogP contribution >= 0.6 is 0 Å². The Morgan fingerprint density at radius 1 is 1.15 bits per heavy atom. The van der Waals surface area contributed by atoms with Crippen molar-refractivity contribution in [1.29, 1.82) is 0 Å². The first-order valence-corrected chi connectivity index (χ1v) is 7.68. The molecule has 0 saturated heterocycles. The Bertz CT molecular complexity index is 666. The third-order valence-corrected chi connectivity index (χ3v) is 3.13. The van der Waals surface area contributed by atoms with Crippen molar-refractivity contribution in [2.75, 3.05) is 0 Å². The highest BCUT2D eigenvalue weighted by atomic mass is 19.4. The number of hydrogen-bond acceptors (Lipinski definition) is 4. The zero-order chi connectivity index (χ0) is 20.3. The highest BCUT2D eigenvalue weighted by molar-refractivity contribution is 5.93. The van der Waals surface area contributed by atoms with E-state index in [-0.39, 0.29) is 17.1 Å². The molecule has 0 aromatic heterocycles. The Kier molecular flexibility index (Phi) is 6.40. The van der Waals surface area contributed by atoms with Gasteiger partial charge in [0.1, 0.15) is 5.82 Å². The van der Waals surface area contributed by atoms with Gasteiger partial charge in [-0.3, -0.25) is 9.59 Å². The third-order valence-electron chi connectivity index (χ3n) is 3.13. The van der Waals surface area contributed by atoms with E-state index in [1.165, 1.54) is 0 Å². The Hall–Kier alpha value is -2.16. The van der Waals surface area contributed by atoms with Crippen molar-refractivity contribution in [3.05, 3.63) is 35.1 Å². The van der Waals surface area contributed by atoms with E-state index in [9.17, 15) is 27.2 Å². The molecule has 0 saturated carbocycles. The smallest absolute Gasteiger partial charge is 0.315 e. The van der Waals surface area contributed by atoms with Crippen LogP contribution in [-0.4, -0.2) is 23.2 Å². The monoisotopic (exact) mass is 379 g/mol. The molecule has 0 spiro atoms. The third kappa shape index (κ3) is 5.98. The summed E-state index contributed by atoms with van der Waals surface area (Å²) in [4.78, 5) is 32.8. The van der Waals surface area contributed by atoms with Crippen molar-refractivity contribution in [3.8, 4) is 0 Å². The van der Waals surface area contributed by atoms with Crippen molar-refractivity contribution in [3.63, 3.8) is 0 Å². The molecule has 0 radical (unpaired) electrons. The molecule has 0 bridgehead atoms. The van der Waals surface area contributed by atoms with Gasteiger partial charge < -0.3 is 4.84 Å². The van der Waals surface area contributed by atoms with Gasteiger partial charge in [-0.2, -0.15) is 13.2 Å². The fourth-order valence-electron chi connectivity index (χ4n) is 2.70. The number of carbonyl (C=O) groups excluding carboxylic acids is 2. The van der Waals surface area contributed by atoms with Gasteiger partial charge >= 0.3 is 18.6 Å². The average Bonchev–Trinajstić information content (AvgIpc) is 2.42. The lowest BCUT2D eigenvalue weighted by molar-refractivity contribution is -0.345. The summed E-state index contributed by atoms with van der Waals surface area (Å²) in [6.07, 6.45) is -4.58. The average molecular weight is 379 g/mol. The van der Waals surface area contributed by atoms with Crippen LogP contribution in [0.2, 0.25) is 0 Å². The number of carbonyl (C=O) groups is 2. The lowest BCUT2D eigenvalue weighted by atomic mass is 9.84. The van der Waals surface area contributed by atoms with Crippen molar-refractivity contribution >= 4 is 12.4 Å². The van der Waals surface area contributed by atoms with E-state index in [1.807, 2.05) is 20.8 Å². The van der Waals surface area contributed by atoms with Crippen molar-refractivity contribution in [1.82, 2.24) is 5.23 Å². The summed E-state index contributed by atoms with van der Waals surface area (Å²) in [6.45, 7) is 8.74. The minimum Gasteiger partial charge on any atom is -0.315 e. The number of alkyl halides is 3. The van der Waals surface area contributed by atoms with Crippen LogP contribution in [0.4, 0.5) is 17.6 Å². The number of hydrogen-bond donors (Lipinski definition) is 0. The number of nitrogens with zero attached hydrogens (tertiary/aromatic N) is 1. The highest BCUT2D eigenvalue weighted by Crippen LogP contribution is 2.34. The Labute approximate surface area is 148 Å². The van der Waals surface area contributed by atoms with Crippen LogP contribution < -0.4 is 0 Å². The van der Waals surface area contributed by atoms with Crippen LogP contribution in [0.25, 0.3) is 0 Å². The van der Waals surface area contributed by atoms with E-state index in [4.69, 9.17) is 4.84 Å². The molecular formula is C17H21F4NO4. The van der Waals surface area contributed by atoms with Crippen molar-refractivity contribution < 1.29 is 36.8 Å². The van der Waals surface area contributed by atoms with Crippen LogP contribution in [0.1, 0.15) is 57.0 Å². The van der Waals surface area contributed by atoms with Crippen molar-refractivity contribution in [2.45, 2.75) is 52.8 Å². The Balaban J connectivity index is 3.19. The van der Waals surface area contributed by atoms with E-state index in [0.29, 0.717) is 12.5 Å². The fraction of sp³-hybridized carbons (Fsp3) is 0.529. The molecule has 5 nitrogen and oxygen atoms in total. The topological polar surface area (TPSA) is 55.8 Å². The van der Waals surface area contributed by atoms with Gasteiger partial charge in [0, 0.05) is 0 Å². The molecule has 0 unspecified atom stereocenters. The maximum absolute atomic E-state index is 14.2. The Morgan fingerprint density at radius 2 is 1.73 bits per heavy atom. The second kappa shape index (κ2) is 7.61. The van der Waals surface area contributed by atoms with Crippen LogP contribution in [0.5, 0.6) is 0 Å². The summed E-state index contributed by atoms with van der Waals surface area (Å²) in [6, 6.07) is 2.22. The van der Waals surface area contributed by atoms with E-state index in [0.717, 1.165) is 12.1 Å². The van der Waals surface area contributed by atoms with Gasteiger partial charge in [-0.05, 0) is 43.0 Å². The molecule has 0 N–H and O–H groups in total. The van der Waals surface area contributed by atoms with Gasteiger partial charge in [0.25, 0.3) is 0 Å². The Morgan fingerprint density at radius 3 is 2.19 bits per heavy atom. The first kappa shape index (κ1) is 21.9. The molecule has 146 valence electrons. The maximum Gasteiger partial charge on any atom is 0.419 e. The number of halogens is 4. The van der Waals surface area contributed by atoms with Gasteiger partial charge in [-0.15, -0.1) is 0 Å². The molecular weight excluding hydrogens is 358 g/mol. The van der Waals surface area contributed by atoms with E-state index < -0.39 is 34.6 Å². The minimum atomic E-state index is -4.98. The lowest BCUT2D eigenvalue weighted by Gasteiger charge is -2.34. The summed E-state index contributed by atoms with van der Waals surface area (Å²) >= 11 is 0. The van der Waals surface area contributed by atoms with Gasteiger partial charge in [0.05, 0.1) is 16.7 Å². The van der Waals surface area contributed by atoms with E-state index >= 15 is 0 Å². The summed E-state index contributed by atoms with van der Waals surface area (Å²) < 4.78 is 52.6. The molecule has 26 heavy (non-hydrogen) atoms. The predicted octanol–water partition coefficient (Wildman–Crippen LogP) is 4.52. The molecule has 9 heteroatoms. The second-order valence-corrected chi connectivity index (χ2v) is 7.52. The molecule has 0 aliphatic heterocycles. The van der Waals surface area contributed by atoms with Gasteiger partial charge in [-0.1, -0.05) is 26.8 Å². The number of hydroxylamine groups is 2. The largest absolute Gasteiger partial charge is 0.419 e. The molecule has 1 aromatic rings. The van der Waals surface area contributed by atoms with Crippen LogP contribution in [0.3, 0.4) is 0 Å². The zero-order valence-electron chi connectivity index (χ0n) is 15.1. The molecule has 0 aliphatic rings. The molecule has 0 aliphatic carbocycles. The van der Waals surface area contributed by atoms with Crippen LogP contribution in [-0.2, 0) is 20.6 Å². The second-order valence-electron chi connectivity index (χ2n) is 7.52. The normalized spacial score (nSPS) is 12.7. The molecule has 1 aromatic carbocycles. The fourth-order valence-corrected chi connectivity index (χ4v) is 2.70. The lowest BCUT2D eigenvalue weighted by Crippen LogP contribution is -2.42. The van der Waals surface area contributed by atoms with Crippen LogP contribution in [0, 0.1) is 11.2 Å². The molecule has 0 atom stereocenters. The maximum atomic E-state index is 14.2. The molecule has 0 heterocycles. The van der Waals surface area contributed by atoms with Gasteiger partial charge in [0.2, 0.25) is 0 Å². The SMILES string of the molecule is CC(C)(C)CC(C)(C)ON(OC=O)C(=O)c1cccc(C(F)(F)F)c1F. The molecule has 1 amide bonds. The zero-order valence-corrected chi connectivity index (χ0v) is 15.1. The predicted molar refractivity (Wildman–Crippen MR) is 84.0 cm³/mol. The molecule has 0 fully saturated rings. The van der Waals surface area contributed by atoms with Gasteiger partial charge in [-0.25, -0.2) is 9.23 Å². The van der Waals surface area contributed by atoms with E-state index in [1.54, 1.807) is 13.8 Å². The first-order valence-electron chi connectivity index (χ1n) is 7.68. The number of amides is 1. The standard InChI is InChI=1S/C17H21F4NO4/c1-15(2,3)9-16(4,5)26-22(25-10-23)14(24)11-7-6-8-12(13(11)18)17(19,20)21/h6-8,10H,9H2,1-5H3. The van der Waals surface area contributed by atoms with Gasteiger partial charge in [0.15, 0.2) is 0 Å².